The van der Waals surface area contributed by atoms with Crippen LogP contribution >= 0.6 is 11.8 Å². The van der Waals surface area contributed by atoms with Crippen LogP contribution in [0.1, 0.15) is 13.8 Å². The first-order valence-corrected chi connectivity index (χ1v) is 6.67. The van der Waals surface area contributed by atoms with Crippen LogP contribution in [-0.2, 0) is 0 Å². The van der Waals surface area contributed by atoms with E-state index >= 15 is 0 Å². The number of hydrogen-bond acceptors (Lipinski definition) is 4. The smallest absolute Gasteiger partial charge is 0.0945 e. The van der Waals surface area contributed by atoms with E-state index in [4.69, 9.17) is 5.11 Å². The van der Waals surface area contributed by atoms with Gasteiger partial charge < -0.3 is 15.1 Å². The highest BCUT2D eigenvalue weighted by molar-refractivity contribution is 7.99. The number of thioether (sulfide) groups is 1. The Kier molecular flexibility index (Phi) is 5.82. The van der Waals surface area contributed by atoms with Gasteiger partial charge in [-0.3, -0.25) is 0 Å². The molecule has 0 heterocycles. The minimum absolute atomic E-state index is 0.203. The van der Waals surface area contributed by atoms with Gasteiger partial charge >= 0.3 is 0 Å². The van der Waals surface area contributed by atoms with Crippen LogP contribution in [0.15, 0.2) is 29.2 Å². The Labute approximate surface area is 107 Å². The minimum atomic E-state index is -0.690. The van der Waals surface area contributed by atoms with Crippen molar-refractivity contribution in [1.82, 2.24) is 0 Å². The molecule has 1 aromatic carbocycles. The van der Waals surface area contributed by atoms with E-state index in [-0.39, 0.29) is 6.61 Å². The van der Waals surface area contributed by atoms with Gasteiger partial charge in [-0.25, -0.2) is 0 Å². The average Bonchev–Trinajstić information content (AvgIpc) is 2.28. The van der Waals surface area contributed by atoms with Crippen molar-refractivity contribution in [3.63, 3.8) is 0 Å². The molecule has 0 radical (unpaired) electrons. The van der Waals surface area contributed by atoms with Crippen molar-refractivity contribution in [2.75, 3.05) is 25.1 Å². The number of aliphatic hydroxyl groups excluding tert-OH is 2. The van der Waals surface area contributed by atoms with Crippen LogP contribution in [0.3, 0.4) is 0 Å². The standard InChI is InChI=1S/C13H21NO2S/c1-10(2)17-13-6-4-11(5-7-13)14(3)8-12(16)9-15/h4-7,10,12,15-16H,8-9H2,1-3H3. The molecule has 0 aliphatic rings. The highest BCUT2D eigenvalue weighted by Gasteiger charge is 2.07. The van der Waals surface area contributed by atoms with Crippen molar-refractivity contribution in [3.8, 4) is 0 Å². The van der Waals surface area contributed by atoms with E-state index in [2.05, 4.69) is 26.0 Å². The quantitative estimate of drug-likeness (QED) is 0.763. The monoisotopic (exact) mass is 255 g/mol. The summed E-state index contributed by atoms with van der Waals surface area (Å²) in [6.07, 6.45) is -0.690. The zero-order chi connectivity index (χ0) is 12.8. The van der Waals surface area contributed by atoms with Crippen LogP contribution in [0.25, 0.3) is 0 Å². The second kappa shape index (κ2) is 6.89. The molecule has 0 aliphatic heterocycles. The molecule has 96 valence electrons. The maximum atomic E-state index is 9.37. The predicted octanol–water partition coefficient (Wildman–Crippen LogP) is 1.98. The minimum Gasteiger partial charge on any atom is -0.394 e. The number of aliphatic hydroxyl groups is 2. The molecule has 1 unspecified atom stereocenters. The molecule has 0 aliphatic carbocycles. The van der Waals surface area contributed by atoms with Crippen LogP contribution in [0, 0.1) is 0 Å². The lowest BCUT2D eigenvalue weighted by Gasteiger charge is -2.22. The molecule has 1 atom stereocenters. The van der Waals surface area contributed by atoms with Gasteiger partial charge in [-0.05, 0) is 24.3 Å². The molecule has 3 nitrogen and oxygen atoms in total. The topological polar surface area (TPSA) is 43.7 Å². The predicted molar refractivity (Wildman–Crippen MR) is 73.8 cm³/mol. The normalized spacial score (nSPS) is 12.8. The molecule has 1 aromatic rings. The highest BCUT2D eigenvalue weighted by atomic mass is 32.2. The van der Waals surface area contributed by atoms with E-state index in [0.717, 1.165) is 5.69 Å². The zero-order valence-electron chi connectivity index (χ0n) is 10.6. The van der Waals surface area contributed by atoms with Crippen LogP contribution < -0.4 is 4.90 Å². The number of anilines is 1. The summed E-state index contributed by atoms with van der Waals surface area (Å²) in [6, 6.07) is 8.24. The lowest BCUT2D eigenvalue weighted by molar-refractivity contribution is 0.101. The van der Waals surface area contributed by atoms with Crippen molar-refractivity contribution in [2.45, 2.75) is 30.1 Å². The van der Waals surface area contributed by atoms with Gasteiger partial charge in [0.1, 0.15) is 0 Å². The molecule has 1 rings (SSSR count). The summed E-state index contributed by atoms with van der Waals surface area (Å²) in [5, 5.41) is 18.7. The van der Waals surface area contributed by atoms with Crippen LogP contribution in [-0.4, -0.2) is 41.8 Å². The molecule has 2 N–H and O–H groups in total. The zero-order valence-corrected chi connectivity index (χ0v) is 11.4. The molecular formula is C13H21NO2S. The fourth-order valence-corrected chi connectivity index (χ4v) is 2.37. The second-order valence-electron chi connectivity index (χ2n) is 4.38. The van der Waals surface area contributed by atoms with Crippen molar-refractivity contribution in [3.05, 3.63) is 24.3 Å². The molecule has 0 fully saturated rings. The number of nitrogens with zero attached hydrogens (tertiary/aromatic N) is 1. The molecular weight excluding hydrogens is 234 g/mol. The number of rotatable bonds is 6. The van der Waals surface area contributed by atoms with Crippen molar-refractivity contribution in [1.29, 1.82) is 0 Å². The molecule has 0 saturated carbocycles. The maximum absolute atomic E-state index is 9.37. The summed E-state index contributed by atoms with van der Waals surface area (Å²) >= 11 is 1.83. The number of hydrogen-bond donors (Lipinski definition) is 2. The first-order valence-electron chi connectivity index (χ1n) is 5.79. The third-order valence-electron chi connectivity index (χ3n) is 2.34. The Morgan fingerprint density at radius 3 is 2.29 bits per heavy atom. The fourth-order valence-electron chi connectivity index (χ4n) is 1.53. The Bertz CT molecular complexity index is 327. The summed E-state index contributed by atoms with van der Waals surface area (Å²) in [7, 11) is 1.91. The van der Waals surface area contributed by atoms with Crippen molar-refractivity contribution >= 4 is 17.4 Å². The van der Waals surface area contributed by atoms with Gasteiger partial charge in [0.05, 0.1) is 12.7 Å². The molecule has 0 bridgehead atoms. The summed E-state index contributed by atoms with van der Waals surface area (Å²) in [5.74, 6) is 0. The lowest BCUT2D eigenvalue weighted by Crippen LogP contribution is -2.31. The molecule has 4 heteroatoms. The highest BCUT2D eigenvalue weighted by Crippen LogP contribution is 2.25. The van der Waals surface area contributed by atoms with Crippen LogP contribution in [0.4, 0.5) is 5.69 Å². The Balaban J connectivity index is 2.60. The van der Waals surface area contributed by atoms with E-state index in [0.29, 0.717) is 11.8 Å². The van der Waals surface area contributed by atoms with E-state index in [1.54, 1.807) is 0 Å². The van der Waals surface area contributed by atoms with Gasteiger partial charge in [-0.15, -0.1) is 11.8 Å². The number of benzene rings is 1. The first kappa shape index (κ1) is 14.4. The van der Waals surface area contributed by atoms with E-state index in [9.17, 15) is 5.11 Å². The Morgan fingerprint density at radius 1 is 1.24 bits per heavy atom. The third kappa shape index (κ3) is 4.98. The molecule has 0 saturated heterocycles. The summed E-state index contributed by atoms with van der Waals surface area (Å²) < 4.78 is 0. The average molecular weight is 255 g/mol. The van der Waals surface area contributed by atoms with Gasteiger partial charge in [-0.2, -0.15) is 0 Å². The Morgan fingerprint density at radius 2 is 1.82 bits per heavy atom. The van der Waals surface area contributed by atoms with Crippen molar-refractivity contribution in [2.24, 2.45) is 0 Å². The van der Waals surface area contributed by atoms with Gasteiger partial charge in [-0.1, -0.05) is 13.8 Å². The van der Waals surface area contributed by atoms with E-state index < -0.39 is 6.10 Å². The first-order chi connectivity index (χ1) is 8.02. The molecule has 0 amide bonds. The largest absolute Gasteiger partial charge is 0.394 e. The van der Waals surface area contributed by atoms with Gasteiger partial charge in [0, 0.05) is 29.4 Å². The summed E-state index contributed by atoms with van der Waals surface area (Å²) in [4.78, 5) is 3.19. The van der Waals surface area contributed by atoms with E-state index in [1.807, 2.05) is 35.8 Å². The van der Waals surface area contributed by atoms with Gasteiger partial charge in [0.2, 0.25) is 0 Å². The van der Waals surface area contributed by atoms with Crippen molar-refractivity contribution < 1.29 is 10.2 Å². The third-order valence-corrected chi connectivity index (χ3v) is 3.36. The molecule has 17 heavy (non-hydrogen) atoms. The summed E-state index contributed by atoms with van der Waals surface area (Å²) in [6.45, 7) is 4.57. The Hall–Kier alpha value is -0.710. The lowest BCUT2D eigenvalue weighted by atomic mass is 10.2. The molecule has 0 aromatic heterocycles. The van der Waals surface area contributed by atoms with Crippen LogP contribution in [0.5, 0.6) is 0 Å². The van der Waals surface area contributed by atoms with Gasteiger partial charge in [0.25, 0.3) is 0 Å². The second-order valence-corrected chi connectivity index (χ2v) is 6.03. The van der Waals surface area contributed by atoms with Crippen LogP contribution in [0.2, 0.25) is 0 Å². The maximum Gasteiger partial charge on any atom is 0.0945 e. The SMILES string of the molecule is CC(C)Sc1ccc(N(C)CC(O)CO)cc1. The fraction of sp³-hybridized carbons (Fsp3) is 0.538. The molecule has 0 spiro atoms. The van der Waals surface area contributed by atoms with E-state index in [1.165, 1.54) is 4.90 Å². The summed E-state index contributed by atoms with van der Waals surface area (Å²) in [5.41, 5.74) is 1.05. The number of likely N-dealkylation sites (N-methyl/N-ethyl adjacent to an activating group) is 1. The van der Waals surface area contributed by atoms with Gasteiger partial charge in [0.15, 0.2) is 0 Å².